The summed E-state index contributed by atoms with van der Waals surface area (Å²) in [6.07, 6.45) is 3.53. The zero-order valence-electron chi connectivity index (χ0n) is 9.61. The largest absolute Gasteiger partial charge is 0.464 e. The van der Waals surface area contributed by atoms with E-state index in [1.807, 2.05) is 6.92 Å². The van der Waals surface area contributed by atoms with Crippen molar-refractivity contribution >= 4 is 29.5 Å². The Hall–Kier alpha value is 0.130. The van der Waals surface area contributed by atoms with Crippen molar-refractivity contribution in [3.63, 3.8) is 0 Å². The maximum absolute atomic E-state index is 12.1. The fourth-order valence-electron chi connectivity index (χ4n) is 2.01. The summed E-state index contributed by atoms with van der Waals surface area (Å²) < 4.78 is 4.68. The number of thioether (sulfide) groups is 2. The number of ether oxygens (including phenoxy) is 1. The summed E-state index contributed by atoms with van der Waals surface area (Å²) in [6, 6.07) is -0.0588. The Morgan fingerprint density at radius 3 is 2.62 bits per heavy atom. The molecule has 1 saturated carbocycles. The summed E-state index contributed by atoms with van der Waals surface area (Å²) in [5.41, 5.74) is 6.24. The minimum Gasteiger partial charge on any atom is -0.464 e. The number of carbonyl (C=O) groups excluding carboxylic acids is 1. The van der Waals surface area contributed by atoms with E-state index in [1.165, 1.54) is 12.8 Å². The van der Waals surface area contributed by atoms with Gasteiger partial charge in [-0.2, -0.15) is 0 Å². The number of nitrogens with two attached hydrogens (primary N) is 1. The summed E-state index contributed by atoms with van der Waals surface area (Å²) in [4.78, 5) is 12.1. The lowest BCUT2D eigenvalue weighted by Gasteiger charge is -2.31. The molecule has 2 fully saturated rings. The van der Waals surface area contributed by atoms with Gasteiger partial charge in [0.1, 0.15) is 0 Å². The maximum atomic E-state index is 12.1. The summed E-state index contributed by atoms with van der Waals surface area (Å²) in [7, 11) is 0. The van der Waals surface area contributed by atoms with E-state index in [0.717, 1.165) is 23.8 Å². The molecule has 0 aromatic carbocycles. The Kier molecular flexibility index (Phi) is 4.08. The second kappa shape index (κ2) is 5.19. The molecule has 1 atom stereocenters. The Bertz CT molecular complexity index is 263. The van der Waals surface area contributed by atoms with Crippen molar-refractivity contribution in [1.82, 2.24) is 0 Å². The molecule has 1 saturated heterocycles. The molecule has 16 heavy (non-hydrogen) atoms. The molecule has 0 spiro atoms. The van der Waals surface area contributed by atoms with Gasteiger partial charge in [-0.25, -0.2) is 4.79 Å². The van der Waals surface area contributed by atoms with Gasteiger partial charge in [-0.1, -0.05) is 12.8 Å². The second-order valence-electron chi connectivity index (χ2n) is 4.37. The van der Waals surface area contributed by atoms with Gasteiger partial charge in [-0.05, 0) is 19.3 Å². The standard InChI is InChI=1S/C11H19NO2S2/c1-2-14-10(13)11(15-5-6-16-11)9(12)7-8-3-4-8/h8-9H,2-7,12H2,1H3. The molecule has 5 heteroatoms. The summed E-state index contributed by atoms with van der Waals surface area (Å²) in [6.45, 7) is 2.29. The van der Waals surface area contributed by atoms with E-state index in [9.17, 15) is 4.79 Å². The van der Waals surface area contributed by atoms with Crippen LogP contribution in [0.4, 0.5) is 0 Å². The smallest absolute Gasteiger partial charge is 0.334 e. The molecule has 92 valence electrons. The molecule has 1 unspecified atom stereocenters. The van der Waals surface area contributed by atoms with Gasteiger partial charge in [-0.3, -0.25) is 0 Å². The van der Waals surface area contributed by atoms with Crippen LogP contribution in [0.15, 0.2) is 0 Å². The van der Waals surface area contributed by atoms with E-state index in [-0.39, 0.29) is 12.0 Å². The van der Waals surface area contributed by atoms with Crippen LogP contribution >= 0.6 is 23.5 Å². The summed E-state index contributed by atoms with van der Waals surface area (Å²) in [5, 5.41) is 0. The Balaban J connectivity index is 2.03. The molecule has 0 aromatic heterocycles. The van der Waals surface area contributed by atoms with Crippen molar-refractivity contribution in [2.75, 3.05) is 18.1 Å². The van der Waals surface area contributed by atoms with Crippen molar-refractivity contribution in [3.05, 3.63) is 0 Å². The average Bonchev–Trinajstić information content (AvgIpc) is 2.94. The quantitative estimate of drug-likeness (QED) is 0.766. The van der Waals surface area contributed by atoms with Gasteiger partial charge in [0.2, 0.25) is 0 Å². The zero-order valence-corrected chi connectivity index (χ0v) is 11.2. The van der Waals surface area contributed by atoms with Gasteiger partial charge in [0.25, 0.3) is 0 Å². The van der Waals surface area contributed by atoms with Crippen LogP contribution in [-0.4, -0.2) is 34.2 Å². The molecular weight excluding hydrogens is 242 g/mol. The highest BCUT2D eigenvalue weighted by Gasteiger charge is 2.50. The lowest BCUT2D eigenvalue weighted by Crippen LogP contribution is -2.48. The van der Waals surface area contributed by atoms with E-state index in [1.54, 1.807) is 23.5 Å². The molecule has 2 aliphatic rings. The number of hydrogen-bond donors (Lipinski definition) is 1. The van der Waals surface area contributed by atoms with Gasteiger partial charge in [0, 0.05) is 17.5 Å². The van der Waals surface area contributed by atoms with Gasteiger partial charge < -0.3 is 10.5 Å². The lowest BCUT2D eigenvalue weighted by atomic mass is 10.1. The van der Waals surface area contributed by atoms with Crippen molar-refractivity contribution < 1.29 is 9.53 Å². The summed E-state index contributed by atoms with van der Waals surface area (Å²) >= 11 is 3.36. The van der Waals surface area contributed by atoms with Crippen LogP contribution in [0, 0.1) is 5.92 Å². The Morgan fingerprint density at radius 1 is 1.50 bits per heavy atom. The third-order valence-corrected chi connectivity index (χ3v) is 6.63. The predicted molar refractivity (Wildman–Crippen MR) is 69.6 cm³/mol. The van der Waals surface area contributed by atoms with Crippen LogP contribution < -0.4 is 5.73 Å². The minimum atomic E-state index is -0.515. The Morgan fingerprint density at radius 2 is 2.12 bits per heavy atom. The van der Waals surface area contributed by atoms with Gasteiger partial charge >= 0.3 is 5.97 Å². The van der Waals surface area contributed by atoms with Crippen LogP contribution in [0.25, 0.3) is 0 Å². The topological polar surface area (TPSA) is 52.3 Å². The third-order valence-electron chi connectivity index (χ3n) is 3.05. The molecule has 2 N–H and O–H groups in total. The van der Waals surface area contributed by atoms with Crippen molar-refractivity contribution in [3.8, 4) is 0 Å². The number of esters is 1. The monoisotopic (exact) mass is 261 g/mol. The molecule has 0 amide bonds. The van der Waals surface area contributed by atoms with E-state index in [2.05, 4.69) is 0 Å². The first-order valence-electron chi connectivity index (χ1n) is 5.89. The number of hydrogen-bond acceptors (Lipinski definition) is 5. The van der Waals surface area contributed by atoms with Crippen molar-refractivity contribution in [1.29, 1.82) is 0 Å². The fourth-order valence-corrected chi connectivity index (χ4v) is 5.09. The van der Waals surface area contributed by atoms with Crippen molar-refractivity contribution in [2.45, 2.75) is 36.3 Å². The van der Waals surface area contributed by atoms with Crippen LogP contribution in [0.5, 0.6) is 0 Å². The van der Waals surface area contributed by atoms with Crippen LogP contribution in [0.1, 0.15) is 26.2 Å². The fraction of sp³-hybridized carbons (Fsp3) is 0.909. The van der Waals surface area contributed by atoms with Gasteiger partial charge in [0.15, 0.2) is 4.08 Å². The number of rotatable bonds is 5. The van der Waals surface area contributed by atoms with E-state index in [0.29, 0.717) is 6.61 Å². The molecular formula is C11H19NO2S2. The predicted octanol–water partition coefficient (Wildman–Crippen LogP) is 1.85. The molecule has 2 rings (SSSR count). The molecule has 3 nitrogen and oxygen atoms in total. The first-order valence-corrected chi connectivity index (χ1v) is 7.87. The molecule has 1 heterocycles. The maximum Gasteiger partial charge on any atom is 0.334 e. The highest BCUT2D eigenvalue weighted by atomic mass is 32.2. The second-order valence-corrected chi connectivity index (χ2v) is 7.31. The Labute approximate surface area is 105 Å². The third kappa shape index (κ3) is 2.51. The average molecular weight is 261 g/mol. The van der Waals surface area contributed by atoms with E-state index < -0.39 is 4.08 Å². The highest BCUT2D eigenvalue weighted by Crippen LogP contribution is 2.49. The molecule has 0 bridgehead atoms. The van der Waals surface area contributed by atoms with Crippen LogP contribution in [0.3, 0.4) is 0 Å². The van der Waals surface area contributed by atoms with Gasteiger partial charge in [-0.15, -0.1) is 23.5 Å². The van der Waals surface area contributed by atoms with Gasteiger partial charge in [0.05, 0.1) is 6.61 Å². The highest BCUT2D eigenvalue weighted by molar-refractivity contribution is 8.22. The first-order chi connectivity index (χ1) is 7.69. The van der Waals surface area contributed by atoms with Crippen LogP contribution in [0.2, 0.25) is 0 Å². The lowest BCUT2D eigenvalue weighted by molar-refractivity contribution is -0.143. The van der Waals surface area contributed by atoms with E-state index >= 15 is 0 Å². The SMILES string of the molecule is CCOC(=O)C1(C(N)CC2CC2)SCCS1. The zero-order chi connectivity index (χ0) is 11.6. The molecule has 0 aromatic rings. The normalized spacial score (nSPS) is 25.4. The van der Waals surface area contributed by atoms with Crippen molar-refractivity contribution in [2.24, 2.45) is 11.7 Å². The van der Waals surface area contributed by atoms with E-state index in [4.69, 9.17) is 10.5 Å². The minimum absolute atomic E-state index is 0.0588. The summed E-state index contributed by atoms with van der Waals surface area (Å²) in [5.74, 6) is 2.64. The molecule has 0 radical (unpaired) electrons. The first kappa shape index (κ1) is 12.6. The molecule has 1 aliphatic heterocycles. The number of carbonyl (C=O) groups is 1. The molecule has 1 aliphatic carbocycles. The van der Waals surface area contributed by atoms with Crippen LogP contribution in [-0.2, 0) is 9.53 Å².